The van der Waals surface area contributed by atoms with E-state index in [0.29, 0.717) is 11.6 Å². The third-order valence-electron chi connectivity index (χ3n) is 4.25. The minimum Gasteiger partial charge on any atom is -0.322 e. The van der Waals surface area contributed by atoms with Crippen LogP contribution in [-0.2, 0) is 6.54 Å². The third-order valence-corrected chi connectivity index (χ3v) is 4.25. The number of carbonyl (C=O) groups is 1. The normalized spacial score (nSPS) is 18.6. The summed E-state index contributed by atoms with van der Waals surface area (Å²) < 4.78 is 0. The quantitative estimate of drug-likeness (QED) is 0.913. The standard InChI is InChI=1S/C19H23N3O/c1-15-13-20-10-11-22(15)14-16-6-5-7-17(12-16)19(23)21-18-8-3-2-4-9-18/h2-9,12,15,20H,10-11,13-14H2,1H3,(H,21,23)/t15-/m1/s1. The molecule has 0 aliphatic carbocycles. The highest BCUT2D eigenvalue weighted by atomic mass is 16.1. The Hall–Kier alpha value is -2.17. The molecular formula is C19H23N3O. The van der Waals surface area contributed by atoms with E-state index in [-0.39, 0.29) is 5.91 Å². The maximum Gasteiger partial charge on any atom is 0.255 e. The van der Waals surface area contributed by atoms with Crippen LogP contribution in [0, 0.1) is 0 Å². The van der Waals surface area contributed by atoms with Crippen LogP contribution in [0.2, 0.25) is 0 Å². The minimum atomic E-state index is -0.0635. The molecule has 0 radical (unpaired) electrons. The second kappa shape index (κ2) is 7.40. The Morgan fingerprint density at radius 3 is 2.83 bits per heavy atom. The number of amides is 1. The molecule has 3 rings (SSSR count). The summed E-state index contributed by atoms with van der Waals surface area (Å²) in [5, 5.41) is 6.34. The molecule has 1 saturated heterocycles. The molecular weight excluding hydrogens is 286 g/mol. The summed E-state index contributed by atoms with van der Waals surface area (Å²) in [4.78, 5) is 14.8. The molecule has 0 unspecified atom stereocenters. The molecule has 0 bridgehead atoms. The van der Waals surface area contributed by atoms with E-state index in [4.69, 9.17) is 0 Å². The Balaban J connectivity index is 1.68. The lowest BCUT2D eigenvalue weighted by molar-refractivity contribution is 0.102. The van der Waals surface area contributed by atoms with Gasteiger partial charge in [0.15, 0.2) is 0 Å². The fourth-order valence-corrected chi connectivity index (χ4v) is 2.89. The van der Waals surface area contributed by atoms with Crippen molar-refractivity contribution in [3.63, 3.8) is 0 Å². The first-order chi connectivity index (χ1) is 11.2. The van der Waals surface area contributed by atoms with Crippen molar-refractivity contribution >= 4 is 11.6 Å². The number of hydrogen-bond acceptors (Lipinski definition) is 3. The molecule has 2 N–H and O–H groups in total. The van der Waals surface area contributed by atoms with Crippen LogP contribution in [0.5, 0.6) is 0 Å². The predicted molar refractivity (Wildman–Crippen MR) is 93.6 cm³/mol. The van der Waals surface area contributed by atoms with Crippen LogP contribution >= 0.6 is 0 Å². The van der Waals surface area contributed by atoms with Crippen molar-refractivity contribution in [3.05, 3.63) is 65.7 Å². The van der Waals surface area contributed by atoms with Gasteiger partial charge in [-0.2, -0.15) is 0 Å². The van der Waals surface area contributed by atoms with Gasteiger partial charge in [-0.15, -0.1) is 0 Å². The van der Waals surface area contributed by atoms with Crippen LogP contribution in [0.1, 0.15) is 22.8 Å². The number of nitrogens with one attached hydrogen (secondary N) is 2. The highest BCUT2D eigenvalue weighted by molar-refractivity contribution is 6.04. The second-order valence-electron chi connectivity index (χ2n) is 6.04. The van der Waals surface area contributed by atoms with E-state index in [2.05, 4.69) is 28.5 Å². The molecule has 23 heavy (non-hydrogen) atoms. The maximum atomic E-state index is 12.4. The SMILES string of the molecule is C[C@@H]1CNCCN1Cc1cccc(C(=O)Nc2ccccc2)c1. The largest absolute Gasteiger partial charge is 0.322 e. The van der Waals surface area contributed by atoms with Gasteiger partial charge in [0.05, 0.1) is 0 Å². The molecule has 0 spiro atoms. The van der Waals surface area contributed by atoms with E-state index in [1.54, 1.807) is 0 Å². The van der Waals surface area contributed by atoms with Crippen LogP contribution in [-0.4, -0.2) is 36.5 Å². The fraction of sp³-hybridized carbons (Fsp3) is 0.316. The Labute approximate surface area is 137 Å². The van der Waals surface area contributed by atoms with Crippen LogP contribution in [0.25, 0.3) is 0 Å². The van der Waals surface area contributed by atoms with Crippen molar-refractivity contribution in [1.82, 2.24) is 10.2 Å². The molecule has 1 atom stereocenters. The molecule has 2 aromatic rings. The number of benzene rings is 2. The van der Waals surface area contributed by atoms with Gasteiger partial charge in [0.2, 0.25) is 0 Å². The van der Waals surface area contributed by atoms with E-state index in [9.17, 15) is 4.79 Å². The molecule has 0 saturated carbocycles. The summed E-state index contributed by atoms with van der Waals surface area (Å²) >= 11 is 0. The summed E-state index contributed by atoms with van der Waals surface area (Å²) in [6.07, 6.45) is 0. The van der Waals surface area contributed by atoms with Crippen LogP contribution in [0.4, 0.5) is 5.69 Å². The van der Waals surface area contributed by atoms with Gasteiger partial charge in [-0.1, -0.05) is 30.3 Å². The van der Waals surface area contributed by atoms with Crippen molar-refractivity contribution in [3.8, 4) is 0 Å². The number of hydrogen-bond donors (Lipinski definition) is 2. The van der Waals surface area contributed by atoms with Crippen molar-refractivity contribution in [2.75, 3.05) is 25.0 Å². The average Bonchev–Trinajstić information content (AvgIpc) is 2.58. The van der Waals surface area contributed by atoms with Gasteiger partial charge in [-0.3, -0.25) is 9.69 Å². The van der Waals surface area contributed by atoms with Gasteiger partial charge >= 0.3 is 0 Å². The second-order valence-corrected chi connectivity index (χ2v) is 6.04. The van der Waals surface area contributed by atoms with E-state index in [1.807, 2.05) is 48.5 Å². The number of anilines is 1. The summed E-state index contributed by atoms with van der Waals surface area (Å²) in [5.41, 5.74) is 2.70. The topological polar surface area (TPSA) is 44.4 Å². The van der Waals surface area contributed by atoms with E-state index in [1.165, 1.54) is 5.56 Å². The Kier molecular flexibility index (Phi) is 5.05. The predicted octanol–water partition coefficient (Wildman–Crippen LogP) is 2.73. The Morgan fingerprint density at radius 2 is 2.04 bits per heavy atom. The van der Waals surface area contributed by atoms with Crippen molar-refractivity contribution in [2.45, 2.75) is 19.5 Å². The zero-order valence-electron chi connectivity index (χ0n) is 13.5. The average molecular weight is 309 g/mol. The number of piperazine rings is 1. The van der Waals surface area contributed by atoms with Crippen molar-refractivity contribution in [2.24, 2.45) is 0 Å². The molecule has 1 fully saturated rings. The molecule has 4 nitrogen and oxygen atoms in total. The molecule has 0 aromatic heterocycles. The van der Waals surface area contributed by atoms with Gasteiger partial charge in [0.1, 0.15) is 0 Å². The zero-order chi connectivity index (χ0) is 16.1. The molecule has 1 aliphatic rings. The number of nitrogens with zero attached hydrogens (tertiary/aromatic N) is 1. The zero-order valence-corrected chi connectivity index (χ0v) is 13.5. The molecule has 1 heterocycles. The summed E-state index contributed by atoms with van der Waals surface area (Å²) in [7, 11) is 0. The molecule has 2 aromatic carbocycles. The molecule has 120 valence electrons. The Bertz CT molecular complexity index is 657. The van der Waals surface area contributed by atoms with E-state index in [0.717, 1.165) is 31.9 Å². The highest BCUT2D eigenvalue weighted by Gasteiger charge is 2.18. The fourth-order valence-electron chi connectivity index (χ4n) is 2.89. The lowest BCUT2D eigenvalue weighted by Gasteiger charge is -2.33. The maximum absolute atomic E-state index is 12.4. The smallest absolute Gasteiger partial charge is 0.255 e. The van der Waals surface area contributed by atoms with Gasteiger partial charge < -0.3 is 10.6 Å². The van der Waals surface area contributed by atoms with E-state index >= 15 is 0 Å². The first-order valence-electron chi connectivity index (χ1n) is 8.12. The first-order valence-corrected chi connectivity index (χ1v) is 8.12. The Morgan fingerprint density at radius 1 is 1.22 bits per heavy atom. The summed E-state index contributed by atoms with van der Waals surface area (Å²) in [6.45, 7) is 6.21. The van der Waals surface area contributed by atoms with Crippen molar-refractivity contribution < 1.29 is 4.79 Å². The lowest BCUT2D eigenvalue weighted by Crippen LogP contribution is -2.49. The minimum absolute atomic E-state index is 0.0635. The number of rotatable bonds is 4. The van der Waals surface area contributed by atoms with Crippen LogP contribution < -0.4 is 10.6 Å². The van der Waals surface area contributed by atoms with Gasteiger partial charge in [-0.25, -0.2) is 0 Å². The van der Waals surface area contributed by atoms with Gasteiger partial charge in [-0.05, 0) is 36.8 Å². The number of carbonyl (C=O) groups excluding carboxylic acids is 1. The summed E-state index contributed by atoms with van der Waals surface area (Å²) in [6, 6.07) is 18.0. The highest BCUT2D eigenvalue weighted by Crippen LogP contribution is 2.14. The molecule has 4 heteroatoms. The van der Waals surface area contributed by atoms with Crippen molar-refractivity contribution in [1.29, 1.82) is 0 Å². The lowest BCUT2D eigenvalue weighted by atomic mass is 10.1. The molecule has 1 aliphatic heterocycles. The van der Waals surface area contributed by atoms with E-state index < -0.39 is 0 Å². The molecule has 1 amide bonds. The first kappa shape index (κ1) is 15.7. The van der Waals surface area contributed by atoms with Crippen LogP contribution in [0.15, 0.2) is 54.6 Å². The third kappa shape index (κ3) is 4.18. The number of para-hydroxylation sites is 1. The van der Waals surface area contributed by atoms with Gasteiger partial charge in [0.25, 0.3) is 5.91 Å². The summed E-state index contributed by atoms with van der Waals surface area (Å²) in [5.74, 6) is -0.0635. The van der Waals surface area contributed by atoms with Gasteiger partial charge in [0, 0.05) is 43.5 Å². The van der Waals surface area contributed by atoms with Crippen LogP contribution in [0.3, 0.4) is 0 Å². The monoisotopic (exact) mass is 309 g/mol.